The fourth-order valence-electron chi connectivity index (χ4n) is 2.90. The van der Waals surface area contributed by atoms with Crippen LogP contribution >= 0.6 is 11.6 Å². The van der Waals surface area contributed by atoms with Crippen molar-refractivity contribution in [3.8, 4) is 5.75 Å². The van der Waals surface area contributed by atoms with Gasteiger partial charge in [-0.15, -0.1) is 0 Å². The van der Waals surface area contributed by atoms with E-state index in [1.165, 1.54) is 12.1 Å². The van der Waals surface area contributed by atoms with Gasteiger partial charge in [-0.1, -0.05) is 30.7 Å². The van der Waals surface area contributed by atoms with Crippen molar-refractivity contribution in [1.82, 2.24) is 5.32 Å². The summed E-state index contributed by atoms with van der Waals surface area (Å²) in [4.78, 5) is 12.8. The second-order valence-electron chi connectivity index (χ2n) is 6.38. The number of hydrogen-bond acceptors (Lipinski definition) is 4. The number of sulfonamides is 1. The summed E-state index contributed by atoms with van der Waals surface area (Å²) in [6.45, 7) is 4.31. The van der Waals surface area contributed by atoms with E-state index >= 15 is 0 Å². The van der Waals surface area contributed by atoms with Crippen molar-refractivity contribution in [3.63, 3.8) is 0 Å². The molecule has 0 heterocycles. The highest BCUT2D eigenvalue weighted by Crippen LogP contribution is 2.27. The highest BCUT2D eigenvalue weighted by molar-refractivity contribution is 7.92. The quantitative estimate of drug-likeness (QED) is 0.641. The number of anilines is 1. The normalized spacial score (nSPS) is 12.3. The van der Waals surface area contributed by atoms with E-state index in [0.717, 1.165) is 22.2 Å². The Kier molecular flexibility index (Phi) is 7.87. The number of nitrogens with one attached hydrogen (secondary N) is 1. The predicted molar refractivity (Wildman–Crippen MR) is 112 cm³/mol. The van der Waals surface area contributed by atoms with Crippen LogP contribution in [0.2, 0.25) is 5.02 Å². The number of nitrogens with zero attached hydrogens (tertiary/aromatic N) is 1. The van der Waals surface area contributed by atoms with Crippen LogP contribution in [-0.4, -0.2) is 33.2 Å². The number of ether oxygens (including phenoxy) is 1. The third kappa shape index (κ3) is 6.08. The van der Waals surface area contributed by atoms with E-state index in [1.54, 1.807) is 13.0 Å². The summed E-state index contributed by atoms with van der Waals surface area (Å²) in [6.07, 6.45) is 1.21. The molecule has 2 rings (SSSR count). The molecular weight excluding hydrogens is 419 g/mol. The number of benzene rings is 2. The number of carbonyl (C=O) groups excluding carboxylic acids is 1. The number of halogens is 2. The Morgan fingerprint density at radius 2 is 1.97 bits per heavy atom. The molecule has 0 aliphatic rings. The van der Waals surface area contributed by atoms with Gasteiger partial charge in [0.1, 0.15) is 17.6 Å². The van der Waals surface area contributed by atoms with Crippen molar-refractivity contribution in [1.29, 1.82) is 0 Å². The second-order valence-corrected chi connectivity index (χ2v) is 8.65. The molecule has 29 heavy (non-hydrogen) atoms. The molecule has 158 valence electrons. The molecule has 0 radical (unpaired) electrons. The van der Waals surface area contributed by atoms with Gasteiger partial charge in [-0.3, -0.25) is 9.10 Å². The number of carbonyl (C=O) groups is 1. The minimum atomic E-state index is -3.83. The van der Waals surface area contributed by atoms with Gasteiger partial charge in [0.25, 0.3) is 0 Å². The molecule has 9 heteroatoms. The maximum absolute atomic E-state index is 13.5. The smallest absolute Gasteiger partial charge is 0.244 e. The zero-order chi connectivity index (χ0) is 21.6. The first-order valence-electron chi connectivity index (χ1n) is 9.11. The van der Waals surface area contributed by atoms with Crippen LogP contribution in [-0.2, 0) is 21.4 Å². The van der Waals surface area contributed by atoms with Gasteiger partial charge >= 0.3 is 0 Å². The third-order valence-electron chi connectivity index (χ3n) is 4.16. The van der Waals surface area contributed by atoms with Crippen molar-refractivity contribution in [2.24, 2.45) is 0 Å². The lowest BCUT2D eigenvalue weighted by Crippen LogP contribution is -2.49. The minimum Gasteiger partial charge on any atom is -0.494 e. The fraction of sp³-hybridized carbons (Fsp3) is 0.350. The van der Waals surface area contributed by atoms with Crippen molar-refractivity contribution in [2.75, 3.05) is 17.2 Å². The largest absolute Gasteiger partial charge is 0.494 e. The molecule has 2 aromatic carbocycles. The molecule has 1 N–H and O–H groups in total. The first kappa shape index (κ1) is 23.0. The van der Waals surface area contributed by atoms with Crippen LogP contribution in [0.4, 0.5) is 10.1 Å². The summed E-state index contributed by atoms with van der Waals surface area (Å²) in [6, 6.07) is 9.79. The molecule has 0 spiro atoms. The Balaban J connectivity index is 2.24. The number of amides is 1. The van der Waals surface area contributed by atoms with Crippen molar-refractivity contribution < 1.29 is 22.3 Å². The van der Waals surface area contributed by atoms with Gasteiger partial charge < -0.3 is 10.1 Å². The lowest BCUT2D eigenvalue weighted by Gasteiger charge is -2.30. The van der Waals surface area contributed by atoms with E-state index in [-0.39, 0.29) is 23.7 Å². The van der Waals surface area contributed by atoms with Gasteiger partial charge in [-0.25, -0.2) is 12.8 Å². The van der Waals surface area contributed by atoms with E-state index < -0.39 is 27.8 Å². The Morgan fingerprint density at radius 3 is 2.55 bits per heavy atom. The Hall–Kier alpha value is -2.32. The molecule has 0 aliphatic heterocycles. The van der Waals surface area contributed by atoms with Gasteiger partial charge in [-0.05, 0) is 49.2 Å². The summed E-state index contributed by atoms with van der Waals surface area (Å²) in [5.74, 6) is -0.458. The van der Waals surface area contributed by atoms with Gasteiger partial charge in [0.05, 0.1) is 23.6 Å². The van der Waals surface area contributed by atoms with Crippen LogP contribution in [0.3, 0.4) is 0 Å². The molecule has 0 saturated carbocycles. The SMILES string of the molecule is CCOc1cccc(CNC(=O)[C@H](CC)N(c2ccc(F)c(Cl)c2)S(C)(=O)=O)c1. The molecular formula is C20H24ClFN2O4S. The van der Waals surface area contributed by atoms with Crippen LogP contribution in [0.25, 0.3) is 0 Å². The fourth-order valence-corrected chi connectivity index (χ4v) is 4.28. The van der Waals surface area contributed by atoms with E-state index in [4.69, 9.17) is 16.3 Å². The van der Waals surface area contributed by atoms with Gasteiger partial charge in [-0.2, -0.15) is 0 Å². The first-order chi connectivity index (χ1) is 13.7. The molecule has 6 nitrogen and oxygen atoms in total. The van der Waals surface area contributed by atoms with Crippen molar-refractivity contribution in [3.05, 3.63) is 58.9 Å². The molecule has 1 atom stereocenters. The van der Waals surface area contributed by atoms with E-state index in [9.17, 15) is 17.6 Å². The average molecular weight is 443 g/mol. The zero-order valence-corrected chi connectivity index (χ0v) is 18.1. The predicted octanol–water partition coefficient (Wildman–Crippen LogP) is 3.74. The van der Waals surface area contributed by atoms with Crippen LogP contribution < -0.4 is 14.4 Å². The molecule has 0 aromatic heterocycles. The molecule has 0 aliphatic carbocycles. The van der Waals surface area contributed by atoms with Crippen molar-refractivity contribution in [2.45, 2.75) is 32.9 Å². The maximum atomic E-state index is 13.5. The monoisotopic (exact) mass is 442 g/mol. The molecule has 0 unspecified atom stereocenters. The molecule has 2 aromatic rings. The highest BCUT2D eigenvalue weighted by Gasteiger charge is 2.31. The molecule has 1 amide bonds. The topological polar surface area (TPSA) is 75.7 Å². The standard InChI is InChI=1S/C20H24ClFN2O4S/c1-4-19(20(25)23-13-14-7-6-8-16(11-14)28-5-2)24(29(3,26)27)15-9-10-18(22)17(21)12-15/h6-12,19H,4-5,13H2,1-3H3,(H,23,25)/t19-/m0/s1. The molecule has 0 saturated heterocycles. The Bertz CT molecular complexity index is 969. The van der Waals surface area contributed by atoms with E-state index in [2.05, 4.69) is 5.32 Å². The summed E-state index contributed by atoms with van der Waals surface area (Å²) >= 11 is 5.81. The van der Waals surface area contributed by atoms with Crippen LogP contribution in [0.1, 0.15) is 25.8 Å². The third-order valence-corrected chi connectivity index (χ3v) is 5.63. The minimum absolute atomic E-state index is 0.124. The second kappa shape index (κ2) is 9.93. The Labute approximate surface area is 175 Å². The molecule has 0 fully saturated rings. The van der Waals surface area contributed by atoms with Crippen LogP contribution in [0, 0.1) is 5.82 Å². The summed E-state index contributed by atoms with van der Waals surface area (Å²) in [5.41, 5.74) is 0.939. The van der Waals surface area contributed by atoms with E-state index in [1.807, 2.05) is 25.1 Å². The highest BCUT2D eigenvalue weighted by atomic mass is 35.5. The summed E-state index contributed by atoms with van der Waals surface area (Å²) in [7, 11) is -3.83. The average Bonchev–Trinajstić information content (AvgIpc) is 2.66. The molecule has 0 bridgehead atoms. The lowest BCUT2D eigenvalue weighted by molar-refractivity contribution is -0.122. The number of hydrogen-bond donors (Lipinski definition) is 1. The summed E-state index contributed by atoms with van der Waals surface area (Å²) < 4.78 is 44.7. The van der Waals surface area contributed by atoms with Gasteiger partial charge in [0.2, 0.25) is 15.9 Å². The summed E-state index contributed by atoms with van der Waals surface area (Å²) in [5, 5.41) is 2.54. The van der Waals surface area contributed by atoms with Crippen LogP contribution in [0.5, 0.6) is 5.75 Å². The van der Waals surface area contributed by atoms with Gasteiger partial charge in [0, 0.05) is 6.54 Å². The van der Waals surface area contributed by atoms with E-state index in [0.29, 0.717) is 12.4 Å². The van der Waals surface area contributed by atoms with Crippen LogP contribution in [0.15, 0.2) is 42.5 Å². The first-order valence-corrected chi connectivity index (χ1v) is 11.3. The Morgan fingerprint density at radius 1 is 1.24 bits per heavy atom. The van der Waals surface area contributed by atoms with Gasteiger partial charge in [0.15, 0.2) is 0 Å². The number of rotatable bonds is 9. The lowest BCUT2D eigenvalue weighted by atomic mass is 10.1. The maximum Gasteiger partial charge on any atom is 0.244 e. The van der Waals surface area contributed by atoms with Crippen molar-refractivity contribution >= 4 is 33.2 Å². The zero-order valence-electron chi connectivity index (χ0n) is 16.5.